The van der Waals surface area contributed by atoms with E-state index in [1.165, 1.54) is 12.3 Å². The Labute approximate surface area is 123 Å². The third-order valence-electron chi connectivity index (χ3n) is 2.74. The minimum atomic E-state index is 0.777. The summed E-state index contributed by atoms with van der Waals surface area (Å²) in [4.78, 5) is 2.45. The van der Waals surface area contributed by atoms with E-state index in [0.717, 1.165) is 35.7 Å². The molecule has 1 aromatic rings. The van der Waals surface area contributed by atoms with Crippen molar-refractivity contribution in [2.45, 2.75) is 13.8 Å². The van der Waals surface area contributed by atoms with E-state index in [2.05, 4.69) is 34.7 Å². The van der Waals surface area contributed by atoms with Gasteiger partial charge in [0.2, 0.25) is 0 Å². The molecule has 0 N–H and O–H groups in total. The van der Waals surface area contributed by atoms with Gasteiger partial charge in [-0.15, -0.1) is 0 Å². The van der Waals surface area contributed by atoms with Crippen LogP contribution in [-0.2, 0) is 0 Å². The molecule has 1 aromatic carbocycles. The molecule has 0 aromatic heterocycles. The van der Waals surface area contributed by atoms with Crippen LogP contribution in [0.5, 0.6) is 5.75 Å². The summed E-state index contributed by atoms with van der Waals surface area (Å²) in [6.45, 7) is 8.67. The van der Waals surface area contributed by atoms with E-state index in [9.17, 15) is 0 Å². The van der Waals surface area contributed by atoms with E-state index in [1.54, 1.807) is 0 Å². The van der Waals surface area contributed by atoms with Crippen LogP contribution in [0.25, 0.3) is 0 Å². The number of hydrogen-bond donors (Lipinski definition) is 0. The average Bonchev–Trinajstić information content (AvgIpc) is 2.38. The predicted molar refractivity (Wildman–Crippen MR) is 84.8 cm³/mol. The monoisotopic (exact) mass is 331 g/mol. The Kier molecular flexibility index (Phi) is 8.55. The van der Waals surface area contributed by atoms with Crippen LogP contribution in [0.4, 0.5) is 0 Å². The summed E-state index contributed by atoms with van der Waals surface area (Å²) < 4.78 is 6.75. The van der Waals surface area contributed by atoms with Gasteiger partial charge in [0.05, 0.1) is 6.61 Å². The van der Waals surface area contributed by atoms with Crippen LogP contribution < -0.4 is 4.74 Å². The lowest BCUT2D eigenvalue weighted by Gasteiger charge is -2.17. The highest BCUT2D eigenvalue weighted by Crippen LogP contribution is 2.17. The van der Waals surface area contributed by atoms with E-state index in [1.807, 2.05) is 36.0 Å². The zero-order valence-electron chi connectivity index (χ0n) is 11.2. The maximum atomic E-state index is 5.68. The number of ether oxygens (including phenoxy) is 1. The summed E-state index contributed by atoms with van der Waals surface area (Å²) in [5, 5.41) is 0. The van der Waals surface area contributed by atoms with Crippen molar-refractivity contribution < 1.29 is 4.74 Å². The van der Waals surface area contributed by atoms with E-state index < -0.39 is 0 Å². The normalized spacial score (nSPS) is 10.9. The molecule has 0 aliphatic heterocycles. The second kappa shape index (κ2) is 9.70. The number of thioether (sulfide) groups is 1. The molecule has 0 saturated carbocycles. The van der Waals surface area contributed by atoms with Gasteiger partial charge in [-0.1, -0.05) is 35.8 Å². The fraction of sp³-hybridized carbons (Fsp3) is 0.571. The molecule has 0 fully saturated rings. The maximum Gasteiger partial charge on any atom is 0.120 e. The molecule has 0 atom stereocenters. The van der Waals surface area contributed by atoms with E-state index in [-0.39, 0.29) is 0 Å². The molecule has 0 bridgehead atoms. The third-order valence-corrected chi connectivity index (χ3v) is 4.16. The van der Waals surface area contributed by atoms with Gasteiger partial charge >= 0.3 is 0 Å². The Morgan fingerprint density at radius 3 is 2.67 bits per heavy atom. The first-order chi connectivity index (χ1) is 8.76. The van der Waals surface area contributed by atoms with Gasteiger partial charge in [-0.3, -0.25) is 0 Å². The van der Waals surface area contributed by atoms with Gasteiger partial charge in [0, 0.05) is 22.5 Å². The van der Waals surface area contributed by atoms with Crippen molar-refractivity contribution in [2.24, 2.45) is 0 Å². The summed E-state index contributed by atoms with van der Waals surface area (Å²) in [6, 6.07) is 7.99. The standard InChI is InChI=1S/C14H22BrNOS/c1-3-16(4-2)8-10-18-11-9-17-14-7-5-6-13(15)12-14/h5-7,12H,3-4,8-11H2,1-2H3. The molecular weight excluding hydrogens is 310 g/mol. The first-order valence-corrected chi connectivity index (χ1v) is 8.39. The van der Waals surface area contributed by atoms with Crippen molar-refractivity contribution in [3.05, 3.63) is 28.7 Å². The number of nitrogens with zero attached hydrogens (tertiary/aromatic N) is 1. The van der Waals surface area contributed by atoms with E-state index in [4.69, 9.17) is 4.74 Å². The van der Waals surface area contributed by atoms with Gasteiger partial charge in [0.25, 0.3) is 0 Å². The Bertz CT molecular complexity index is 331. The van der Waals surface area contributed by atoms with Crippen molar-refractivity contribution >= 4 is 27.7 Å². The molecule has 0 heterocycles. The Morgan fingerprint density at radius 1 is 1.22 bits per heavy atom. The smallest absolute Gasteiger partial charge is 0.120 e. The molecule has 2 nitrogen and oxygen atoms in total. The molecule has 102 valence electrons. The molecule has 1 rings (SSSR count). The van der Waals surface area contributed by atoms with Crippen LogP contribution in [0.2, 0.25) is 0 Å². The molecule has 18 heavy (non-hydrogen) atoms. The topological polar surface area (TPSA) is 12.5 Å². The summed E-state index contributed by atoms with van der Waals surface area (Å²) in [7, 11) is 0. The molecular formula is C14H22BrNOS. The number of hydrogen-bond acceptors (Lipinski definition) is 3. The minimum absolute atomic E-state index is 0.777. The van der Waals surface area contributed by atoms with Gasteiger partial charge in [-0.05, 0) is 31.3 Å². The molecule has 0 radical (unpaired) electrons. The second-order valence-corrected chi connectivity index (χ2v) is 6.09. The van der Waals surface area contributed by atoms with Crippen molar-refractivity contribution in [1.82, 2.24) is 4.90 Å². The Balaban J connectivity index is 2.05. The largest absolute Gasteiger partial charge is 0.493 e. The van der Waals surface area contributed by atoms with Gasteiger partial charge in [0.1, 0.15) is 5.75 Å². The fourth-order valence-electron chi connectivity index (χ4n) is 1.61. The Hall–Kier alpha value is -0.190. The fourth-order valence-corrected chi connectivity index (χ4v) is 2.78. The first-order valence-electron chi connectivity index (χ1n) is 6.44. The summed E-state index contributed by atoms with van der Waals surface area (Å²) in [5.41, 5.74) is 0. The Morgan fingerprint density at radius 2 is 2.00 bits per heavy atom. The second-order valence-electron chi connectivity index (χ2n) is 3.95. The first kappa shape index (κ1) is 15.9. The molecule has 0 unspecified atom stereocenters. The molecule has 4 heteroatoms. The minimum Gasteiger partial charge on any atom is -0.493 e. The van der Waals surface area contributed by atoms with Crippen LogP contribution in [0.1, 0.15) is 13.8 Å². The highest BCUT2D eigenvalue weighted by molar-refractivity contribution is 9.10. The van der Waals surface area contributed by atoms with Crippen LogP contribution in [0.15, 0.2) is 28.7 Å². The quantitative estimate of drug-likeness (QED) is 0.636. The number of halogens is 1. The SMILES string of the molecule is CCN(CC)CCSCCOc1cccc(Br)c1. The van der Waals surface area contributed by atoms with Crippen molar-refractivity contribution in [3.8, 4) is 5.75 Å². The van der Waals surface area contributed by atoms with Crippen LogP contribution in [-0.4, -0.2) is 42.6 Å². The number of benzene rings is 1. The van der Waals surface area contributed by atoms with Crippen LogP contribution in [0.3, 0.4) is 0 Å². The van der Waals surface area contributed by atoms with Crippen molar-refractivity contribution in [1.29, 1.82) is 0 Å². The number of rotatable bonds is 9. The lowest BCUT2D eigenvalue weighted by atomic mass is 10.3. The zero-order valence-corrected chi connectivity index (χ0v) is 13.6. The molecule has 0 amide bonds. The summed E-state index contributed by atoms with van der Waals surface area (Å²) in [5.74, 6) is 3.17. The van der Waals surface area contributed by atoms with E-state index >= 15 is 0 Å². The lowest BCUT2D eigenvalue weighted by Crippen LogP contribution is -2.25. The van der Waals surface area contributed by atoms with Gasteiger partial charge in [-0.2, -0.15) is 11.8 Å². The zero-order chi connectivity index (χ0) is 13.2. The summed E-state index contributed by atoms with van der Waals surface area (Å²) in [6.07, 6.45) is 0. The van der Waals surface area contributed by atoms with Gasteiger partial charge in [0.15, 0.2) is 0 Å². The van der Waals surface area contributed by atoms with E-state index in [0.29, 0.717) is 0 Å². The van der Waals surface area contributed by atoms with Crippen molar-refractivity contribution in [2.75, 3.05) is 37.7 Å². The van der Waals surface area contributed by atoms with Crippen LogP contribution in [0, 0.1) is 0 Å². The van der Waals surface area contributed by atoms with Gasteiger partial charge in [-0.25, -0.2) is 0 Å². The molecule has 0 aliphatic carbocycles. The maximum absolute atomic E-state index is 5.68. The van der Waals surface area contributed by atoms with Gasteiger partial charge < -0.3 is 9.64 Å². The van der Waals surface area contributed by atoms with Crippen LogP contribution >= 0.6 is 27.7 Å². The predicted octanol–water partition coefficient (Wildman–Crippen LogP) is 3.90. The molecule has 0 saturated heterocycles. The lowest BCUT2D eigenvalue weighted by molar-refractivity contribution is 0.323. The molecule has 0 aliphatic rings. The third kappa shape index (κ3) is 6.66. The molecule has 0 spiro atoms. The average molecular weight is 332 g/mol. The highest BCUT2D eigenvalue weighted by Gasteiger charge is 1.99. The highest BCUT2D eigenvalue weighted by atomic mass is 79.9. The van der Waals surface area contributed by atoms with Crippen molar-refractivity contribution in [3.63, 3.8) is 0 Å². The summed E-state index contributed by atoms with van der Waals surface area (Å²) >= 11 is 5.39.